The molecule has 0 saturated heterocycles. The minimum absolute atomic E-state index is 0.901. The molecule has 1 aromatic heterocycles. The maximum atomic E-state index is 6.51. The van der Waals surface area contributed by atoms with Gasteiger partial charge in [0, 0.05) is 33.2 Å². The molecule has 0 spiro atoms. The zero-order valence-corrected chi connectivity index (χ0v) is 25.1. The third-order valence-corrected chi connectivity index (χ3v) is 9.04. The van der Waals surface area contributed by atoms with Gasteiger partial charge in [0.2, 0.25) is 0 Å². The number of benzene rings is 8. The first kappa shape index (κ1) is 26.3. The number of furan rings is 1. The first-order chi connectivity index (χ1) is 22.8. The standard InChI is InChI=1S/C44H29NO/c1-2-15-34(16-3-1)45(35-26-23-32(24-27-35)38-20-9-13-30-11-4-6-18-37(30)38)36-17-8-14-33(29-36)39-21-10-22-42-43(39)41-28-25-31-12-5-7-19-40(31)44(41)46-42/h1-29H. The van der Waals surface area contributed by atoms with Gasteiger partial charge in [-0.25, -0.2) is 0 Å². The van der Waals surface area contributed by atoms with Crippen molar-refractivity contribution in [3.8, 4) is 22.3 Å². The van der Waals surface area contributed by atoms with Crippen molar-refractivity contribution in [2.24, 2.45) is 0 Å². The lowest BCUT2D eigenvalue weighted by atomic mass is 9.97. The normalized spacial score (nSPS) is 11.5. The molecule has 0 radical (unpaired) electrons. The molecule has 0 amide bonds. The Bertz CT molecular complexity index is 2520. The van der Waals surface area contributed by atoms with E-state index in [1.54, 1.807) is 0 Å². The van der Waals surface area contributed by atoms with E-state index in [0.29, 0.717) is 0 Å². The number of anilines is 3. The molecular formula is C44H29NO. The molecular weight excluding hydrogens is 558 g/mol. The highest BCUT2D eigenvalue weighted by Crippen LogP contribution is 2.42. The van der Waals surface area contributed by atoms with Crippen LogP contribution in [0.25, 0.3) is 65.7 Å². The summed E-state index contributed by atoms with van der Waals surface area (Å²) in [6.45, 7) is 0. The highest BCUT2D eigenvalue weighted by atomic mass is 16.3. The molecule has 0 N–H and O–H groups in total. The topological polar surface area (TPSA) is 16.4 Å². The predicted molar refractivity (Wildman–Crippen MR) is 194 cm³/mol. The second-order valence-corrected chi connectivity index (χ2v) is 11.7. The second kappa shape index (κ2) is 10.8. The van der Waals surface area contributed by atoms with Gasteiger partial charge < -0.3 is 9.32 Å². The first-order valence-corrected chi connectivity index (χ1v) is 15.7. The molecule has 2 heteroatoms. The molecule has 0 atom stereocenters. The molecule has 9 rings (SSSR count). The summed E-state index contributed by atoms with van der Waals surface area (Å²) in [6.07, 6.45) is 0. The zero-order chi connectivity index (χ0) is 30.5. The van der Waals surface area contributed by atoms with Gasteiger partial charge in [-0.05, 0) is 86.9 Å². The molecule has 216 valence electrons. The van der Waals surface area contributed by atoms with Gasteiger partial charge in [0.15, 0.2) is 0 Å². The molecule has 46 heavy (non-hydrogen) atoms. The van der Waals surface area contributed by atoms with Crippen LogP contribution in [-0.2, 0) is 0 Å². The van der Waals surface area contributed by atoms with E-state index in [4.69, 9.17) is 4.42 Å². The third-order valence-electron chi connectivity index (χ3n) is 9.04. The van der Waals surface area contributed by atoms with Crippen molar-refractivity contribution in [3.63, 3.8) is 0 Å². The average Bonchev–Trinajstić information content (AvgIpc) is 3.52. The van der Waals surface area contributed by atoms with Crippen molar-refractivity contribution >= 4 is 60.5 Å². The minimum atomic E-state index is 0.901. The molecule has 0 saturated carbocycles. The monoisotopic (exact) mass is 587 g/mol. The van der Waals surface area contributed by atoms with Gasteiger partial charge in [0.25, 0.3) is 0 Å². The summed E-state index contributed by atoms with van der Waals surface area (Å²) in [7, 11) is 0. The highest BCUT2D eigenvalue weighted by molar-refractivity contribution is 6.19. The predicted octanol–water partition coefficient (Wildman–Crippen LogP) is 12.7. The fourth-order valence-electron chi connectivity index (χ4n) is 6.90. The van der Waals surface area contributed by atoms with E-state index in [9.17, 15) is 0 Å². The van der Waals surface area contributed by atoms with Crippen LogP contribution < -0.4 is 4.90 Å². The van der Waals surface area contributed by atoms with Crippen LogP contribution >= 0.6 is 0 Å². The Morgan fingerprint density at radius 1 is 0.370 bits per heavy atom. The molecule has 0 aliphatic carbocycles. The van der Waals surface area contributed by atoms with E-state index < -0.39 is 0 Å². The second-order valence-electron chi connectivity index (χ2n) is 11.7. The molecule has 8 aromatic carbocycles. The fraction of sp³-hybridized carbons (Fsp3) is 0. The number of nitrogens with zero attached hydrogens (tertiary/aromatic N) is 1. The maximum Gasteiger partial charge on any atom is 0.143 e. The van der Waals surface area contributed by atoms with E-state index >= 15 is 0 Å². The van der Waals surface area contributed by atoms with Gasteiger partial charge in [-0.1, -0.05) is 127 Å². The number of hydrogen-bond donors (Lipinski definition) is 0. The van der Waals surface area contributed by atoms with Gasteiger partial charge in [-0.3, -0.25) is 0 Å². The molecule has 0 aliphatic rings. The number of fused-ring (bicyclic) bond motifs is 6. The van der Waals surface area contributed by atoms with Gasteiger partial charge in [-0.15, -0.1) is 0 Å². The Morgan fingerprint density at radius 2 is 1.00 bits per heavy atom. The molecule has 0 bridgehead atoms. The van der Waals surface area contributed by atoms with E-state index in [1.165, 1.54) is 27.3 Å². The Labute approximate surface area is 267 Å². The maximum absolute atomic E-state index is 6.51. The molecule has 1 heterocycles. The smallest absolute Gasteiger partial charge is 0.143 e. The van der Waals surface area contributed by atoms with Gasteiger partial charge in [0.1, 0.15) is 11.2 Å². The SMILES string of the molecule is c1ccc(N(c2ccc(-c3cccc4ccccc34)cc2)c2cccc(-c3cccc4oc5c6ccccc6ccc5c34)c2)cc1. The summed E-state index contributed by atoms with van der Waals surface area (Å²) in [5, 5.41) is 7.12. The summed E-state index contributed by atoms with van der Waals surface area (Å²) in [5.41, 5.74) is 9.89. The number of rotatable bonds is 5. The molecule has 0 unspecified atom stereocenters. The quantitative estimate of drug-likeness (QED) is 0.199. The number of hydrogen-bond acceptors (Lipinski definition) is 2. The average molecular weight is 588 g/mol. The van der Waals surface area contributed by atoms with E-state index in [1.807, 2.05) is 0 Å². The third kappa shape index (κ3) is 4.35. The lowest BCUT2D eigenvalue weighted by Crippen LogP contribution is -2.09. The van der Waals surface area contributed by atoms with E-state index in [-0.39, 0.29) is 0 Å². The van der Waals surface area contributed by atoms with Crippen LogP contribution in [0, 0.1) is 0 Å². The largest absolute Gasteiger partial charge is 0.455 e. The molecule has 2 nitrogen and oxygen atoms in total. The molecule has 0 fully saturated rings. The van der Waals surface area contributed by atoms with Gasteiger partial charge >= 0.3 is 0 Å². The van der Waals surface area contributed by atoms with Crippen LogP contribution in [-0.4, -0.2) is 0 Å². The minimum Gasteiger partial charge on any atom is -0.455 e. The van der Waals surface area contributed by atoms with Gasteiger partial charge in [-0.2, -0.15) is 0 Å². The van der Waals surface area contributed by atoms with E-state index in [2.05, 4.69) is 181 Å². The fourth-order valence-corrected chi connectivity index (χ4v) is 6.90. The van der Waals surface area contributed by atoms with Crippen LogP contribution in [0.5, 0.6) is 0 Å². The van der Waals surface area contributed by atoms with Crippen LogP contribution in [0.2, 0.25) is 0 Å². The summed E-state index contributed by atoms with van der Waals surface area (Å²) in [6, 6.07) is 62.7. The highest BCUT2D eigenvalue weighted by Gasteiger charge is 2.17. The Hall–Kier alpha value is -6.12. The Morgan fingerprint density at radius 3 is 1.85 bits per heavy atom. The number of para-hydroxylation sites is 1. The van der Waals surface area contributed by atoms with Crippen molar-refractivity contribution in [2.45, 2.75) is 0 Å². The van der Waals surface area contributed by atoms with Crippen LogP contribution in [0.1, 0.15) is 0 Å². The van der Waals surface area contributed by atoms with E-state index in [0.717, 1.165) is 55.5 Å². The van der Waals surface area contributed by atoms with Crippen LogP contribution in [0.3, 0.4) is 0 Å². The summed E-state index contributed by atoms with van der Waals surface area (Å²) < 4.78 is 6.51. The molecule has 9 aromatic rings. The van der Waals surface area contributed by atoms with Crippen molar-refractivity contribution in [1.29, 1.82) is 0 Å². The van der Waals surface area contributed by atoms with Crippen molar-refractivity contribution in [3.05, 3.63) is 176 Å². The van der Waals surface area contributed by atoms with Gasteiger partial charge in [0.05, 0.1) is 0 Å². The van der Waals surface area contributed by atoms with Crippen molar-refractivity contribution < 1.29 is 4.42 Å². The van der Waals surface area contributed by atoms with Crippen LogP contribution in [0.4, 0.5) is 17.1 Å². The summed E-state index contributed by atoms with van der Waals surface area (Å²) in [4.78, 5) is 2.33. The Kier molecular flexibility index (Phi) is 6.17. The van der Waals surface area contributed by atoms with Crippen molar-refractivity contribution in [2.75, 3.05) is 4.90 Å². The lowest BCUT2D eigenvalue weighted by molar-refractivity contribution is 0.673. The first-order valence-electron chi connectivity index (χ1n) is 15.7. The van der Waals surface area contributed by atoms with Crippen LogP contribution in [0.15, 0.2) is 180 Å². The van der Waals surface area contributed by atoms with Crippen molar-refractivity contribution in [1.82, 2.24) is 0 Å². The summed E-state index contributed by atoms with van der Waals surface area (Å²) in [5.74, 6) is 0. The Balaban J connectivity index is 1.17. The lowest BCUT2D eigenvalue weighted by Gasteiger charge is -2.26. The molecule has 0 aliphatic heterocycles. The zero-order valence-electron chi connectivity index (χ0n) is 25.1. The summed E-state index contributed by atoms with van der Waals surface area (Å²) >= 11 is 0.